The number of nitrogens with one attached hydrogen (secondary N) is 1. The van der Waals surface area contributed by atoms with Gasteiger partial charge in [0.25, 0.3) is 5.91 Å². The molecule has 160 valence electrons. The molecule has 0 spiro atoms. The lowest BCUT2D eigenvalue weighted by atomic mass is 10.1. The van der Waals surface area contributed by atoms with Crippen molar-refractivity contribution in [3.05, 3.63) is 59.4 Å². The number of anilines is 2. The summed E-state index contributed by atoms with van der Waals surface area (Å²) in [6.45, 7) is 7.12. The minimum absolute atomic E-state index is 0. The van der Waals surface area contributed by atoms with Crippen LogP contribution in [0.3, 0.4) is 0 Å². The van der Waals surface area contributed by atoms with Crippen LogP contribution in [-0.4, -0.2) is 50.1 Å². The number of likely N-dealkylation sites (N-methyl/N-ethyl adjacent to an activating group) is 1. The standard InChI is InChI=1S/C21H27FN4O.2ClH/c1-2-25-11-13-26(14-12-25)20-8-5-17(15-19(20)22)21(27)24-10-9-16-3-6-18(23)7-4-16;;/h3-8,15H,2,9-14,23H2,1H3,(H,24,27);2*1H. The second kappa shape index (κ2) is 11.9. The molecule has 1 heterocycles. The van der Waals surface area contributed by atoms with E-state index in [0.29, 0.717) is 24.2 Å². The van der Waals surface area contributed by atoms with Crippen LogP contribution in [0.25, 0.3) is 0 Å². The molecule has 1 fully saturated rings. The van der Waals surface area contributed by atoms with E-state index in [1.54, 1.807) is 12.1 Å². The lowest BCUT2D eigenvalue weighted by Crippen LogP contribution is -2.46. The maximum absolute atomic E-state index is 14.6. The van der Waals surface area contributed by atoms with Gasteiger partial charge >= 0.3 is 0 Å². The summed E-state index contributed by atoms with van der Waals surface area (Å²) in [5.41, 5.74) is 8.40. The molecule has 0 radical (unpaired) electrons. The smallest absolute Gasteiger partial charge is 0.251 e. The first-order valence-corrected chi connectivity index (χ1v) is 9.46. The number of piperazine rings is 1. The van der Waals surface area contributed by atoms with E-state index in [1.807, 2.05) is 29.2 Å². The summed E-state index contributed by atoms with van der Waals surface area (Å²) in [6, 6.07) is 12.3. The third-order valence-corrected chi connectivity index (χ3v) is 5.05. The van der Waals surface area contributed by atoms with Gasteiger partial charge in [-0.25, -0.2) is 4.39 Å². The first-order chi connectivity index (χ1) is 13.1. The van der Waals surface area contributed by atoms with Gasteiger partial charge in [0.2, 0.25) is 0 Å². The summed E-state index contributed by atoms with van der Waals surface area (Å²) in [4.78, 5) is 16.7. The summed E-state index contributed by atoms with van der Waals surface area (Å²) in [5, 5.41) is 2.84. The predicted octanol–water partition coefficient (Wildman–Crippen LogP) is 3.37. The van der Waals surface area contributed by atoms with Crippen LogP contribution >= 0.6 is 24.8 Å². The molecule has 0 bridgehead atoms. The molecule has 1 amide bonds. The topological polar surface area (TPSA) is 61.6 Å². The van der Waals surface area contributed by atoms with Gasteiger partial charge in [0.1, 0.15) is 5.82 Å². The minimum Gasteiger partial charge on any atom is -0.399 e. The van der Waals surface area contributed by atoms with Gasteiger partial charge in [0.05, 0.1) is 5.69 Å². The van der Waals surface area contributed by atoms with E-state index < -0.39 is 0 Å². The number of amides is 1. The van der Waals surface area contributed by atoms with Crippen molar-refractivity contribution in [3.8, 4) is 0 Å². The van der Waals surface area contributed by atoms with Gasteiger partial charge < -0.3 is 20.9 Å². The molecule has 0 aromatic heterocycles. The van der Waals surface area contributed by atoms with E-state index in [-0.39, 0.29) is 36.5 Å². The van der Waals surface area contributed by atoms with E-state index in [1.165, 1.54) is 6.07 Å². The molecule has 1 aliphatic rings. The highest BCUT2D eigenvalue weighted by Gasteiger charge is 2.19. The molecule has 3 rings (SSSR count). The molecule has 29 heavy (non-hydrogen) atoms. The average Bonchev–Trinajstić information content (AvgIpc) is 2.69. The van der Waals surface area contributed by atoms with Crippen molar-refractivity contribution >= 4 is 42.1 Å². The van der Waals surface area contributed by atoms with Crippen molar-refractivity contribution < 1.29 is 9.18 Å². The summed E-state index contributed by atoms with van der Waals surface area (Å²) in [6.07, 6.45) is 0.703. The Kier molecular flexibility index (Phi) is 10.2. The number of nitrogens with zero attached hydrogens (tertiary/aromatic N) is 2. The van der Waals surface area contributed by atoms with Crippen molar-refractivity contribution in [2.24, 2.45) is 0 Å². The summed E-state index contributed by atoms with van der Waals surface area (Å²) >= 11 is 0. The van der Waals surface area contributed by atoms with Crippen molar-refractivity contribution in [3.63, 3.8) is 0 Å². The first kappa shape index (κ1) is 25.0. The van der Waals surface area contributed by atoms with Gasteiger partial charge in [0, 0.05) is 44.0 Å². The highest BCUT2D eigenvalue weighted by atomic mass is 35.5. The highest BCUT2D eigenvalue weighted by molar-refractivity contribution is 5.94. The Hall–Kier alpha value is -2.02. The van der Waals surface area contributed by atoms with Gasteiger partial charge in [-0.15, -0.1) is 24.8 Å². The first-order valence-electron chi connectivity index (χ1n) is 9.46. The number of carbonyl (C=O) groups is 1. The quantitative estimate of drug-likeness (QED) is 0.673. The zero-order valence-electron chi connectivity index (χ0n) is 16.6. The molecule has 3 N–H and O–H groups in total. The fraction of sp³-hybridized carbons (Fsp3) is 0.381. The third kappa shape index (κ3) is 6.77. The van der Waals surface area contributed by atoms with E-state index >= 15 is 0 Å². The Morgan fingerprint density at radius 3 is 2.31 bits per heavy atom. The second-order valence-electron chi connectivity index (χ2n) is 6.83. The molecule has 8 heteroatoms. The average molecular weight is 443 g/mol. The molecule has 5 nitrogen and oxygen atoms in total. The number of hydrogen-bond donors (Lipinski definition) is 2. The zero-order chi connectivity index (χ0) is 19.2. The van der Waals surface area contributed by atoms with Gasteiger partial charge in [0.15, 0.2) is 0 Å². The number of halogens is 3. The maximum atomic E-state index is 14.6. The molecule has 2 aromatic rings. The molecule has 0 saturated carbocycles. The van der Waals surface area contributed by atoms with Gasteiger partial charge in [-0.05, 0) is 48.9 Å². The van der Waals surface area contributed by atoms with Crippen LogP contribution in [0.2, 0.25) is 0 Å². The predicted molar refractivity (Wildman–Crippen MR) is 122 cm³/mol. The van der Waals surface area contributed by atoms with Gasteiger partial charge in [-0.3, -0.25) is 4.79 Å². The fourth-order valence-electron chi connectivity index (χ4n) is 3.32. The van der Waals surface area contributed by atoms with Crippen LogP contribution in [0, 0.1) is 5.82 Å². The molecule has 1 saturated heterocycles. The molecule has 2 aromatic carbocycles. The lowest BCUT2D eigenvalue weighted by molar-refractivity contribution is 0.0953. The number of rotatable bonds is 6. The molecule has 1 aliphatic heterocycles. The molecular formula is C21H29Cl2FN4O. The monoisotopic (exact) mass is 442 g/mol. The SMILES string of the molecule is CCN1CCN(c2ccc(C(=O)NCCc3ccc(N)cc3)cc2F)CC1.Cl.Cl. The second-order valence-corrected chi connectivity index (χ2v) is 6.83. The highest BCUT2D eigenvalue weighted by Crippen LogP contribution is 2.22. The number of nitrogens with two attached hydrogens (primary N) is 1. The van der Waals surface area contributed by atoms with Crippen LogP contribution in [0.1, 0.15) is 22.8 Å². The van der Waals surface area contributed by atoms with E-state index in [0.717, 1.165) is 44.0 Å². The minimum atomic E-state index is -0.342. The molecule has 0 atom stereocenters. The van der Waals surface area contributed by atoms with Crippen LogP contribution in [0.4, 0.5) is 15.8 Å². The normalized spacial score (nSPS) is 13.9. The largest absolute Gasteiger partial charge is 0.399 e. The van der Waals surface area contributed by atoms with E-state index in [2.05, 4.69) is 17.1 Å². The third-order valence-electron chi connectivity index (χ3n) is 5.05. The molecule has 0 aliphatic carbocycles. The zero-order valence-corrected chi connectivity index (χ0v) is 18.2. The Balaban J connectivity index is 0.00000210. The van der Waals surface area contributed by atoms with E-state index in [4.69, 9.17) is 5.73 Å². The van der Waals surface area contributed by atoms with Crippen molar-refractivity contribution in [2.75, 3.05) is 49.9 Å². The Morgan fingerprint density at radius 1 is 1.07 bits per heavy atom. The Morgan fingerprint density at radius 2 is 1.72 bits per heavy atom. The van der Waals surface area contributed by atoms with Crippen LogP contribution < -0.4 is 16.0 Å². The van der Waals surface area contributed by atoms with Crippen molar-refractivity contribution in [1.29, 1.82) is 0 Å². The number of nitrogen functional groups attached to an aromatic ring is 1. The van der Waals surface area contributed by atoms with Gasteiger partial charge in [-0.2, -0.15) is 0 Å². The summed E-state index contributed by atoms with van der Waals surface area (Å²) in [5.74, 6) is -0.599. The number of hydrogen-bond acceptors (Lipinski definition) is 4. The molecular weight excluding hydrogens is 414 g/mol. The van der Waals surface area contributed by atoms with E-state index in [9.17, 15) is 9.18 Å². The maximum Gasteiger partial charge on any atom is 0.251 e. The van der Waals surface area contributed by atoms with Crippen LogP contribution in [0.15, 0.2) is 42.5 Å². The Bertz CT molecular complexity index is 781. The lowest BCUT2D eigenvalue weighted by Gasteiger charge is -2.35. The summed E-state index contributed by atoms with van der Waals surface area (Å²) in [7, 11) is 0. The van der Waals surface area contributed by atoms with Crippen LogP contribution in [0.5, 0.6) is 0 Å². The summed E-state index contributed by atoms with van der Waals surface area (Å²) < 4.78 is 14.6. The van der Waals surface area contributed by atoms with Crippen LogP contribution in [-0.2, 0) is 6.42 Å². The van der Waals surface area contributed by atoms with Crippen molar-refractivity contribution in [2.45, 2.75) is 13.3 Å². The Labute approximate surface area is 184 Å². The molecule has 0 unspecified atom stereocenters. The number of carbonyl (C=O) groups excluding carboxylic acids is 1. The fourth-order valence-corrected chi connectivity index (χ4v) is 3.32. The van der Waals surface area contributed by atoms with Gasteiger partial charge in [-0.1, -0.05) is 19.1 Å². The number of benzene rings is 2. The van der Waals surface area contributed by atoms with Crippen molar-refractivity contribution in [1.82, 2.24) is 10.2 Å².